The van der Waals surface area contributed by atoms with Gasteiger partial charge in [-0.3, -0.25) is 4.90 Å². The molecule has 92 valence electrons. The third-order valence-electron chi connectivity index (χ3n) is 3.34. The maximum absolute atomic E-state index is 10.8. The van der Waals surface area contributed by atoms with Crippen LogP contribution in [-0.4, -0.2) is 42.2 Å². The predicted molar refractivity (Wildman–Crippen MR) is 66.3 cm³/mol. The summed E-state index contributed by atoms with van der Waals surface area (Å²) in [4.78, 5) is 13.2. The topological polar surface area (TPSA) is 52.6 Å². The Balaban J connectivity index is 2.07. The monoisotopic (exact) mass is 234 g/mol. The Morgan fingerprint density at radius 1 is 1.29 bits per heavy atom. The van der Waals surface area contributed by atoms with Crippen molar-refractivity contribution in [3.05, 3.63) is 35.4 Å². The molecule has 1 fully saturated rings. The molecule has 17 heavy (non-hydrogen) atoms. The zero-order valence-corrected chi connectivity index (χ0v) is 10.0. The largest absolute Gasteiger partial charge is 0.478 e. The van der Waals surface area contributed by atoms with Crippen LogP contribution in [0.5, 0.6) is 0 Å². The first kappa shape index (κ1) is 12.1. The number of carboxylic acids is 1. The summed E-state index contributed by atoms with van der Waals surface area (Å²) in [7, 11) is 0. The highest BCUT2D eigenvalue weighted by Crippen LogP contribution is 2.20. The van der Waals surface area contributed by atoms with Crippen molar-refractivity contribution in [2.24, 2.45) is 0 Å². The summed E-state index contributed by atoms with van der Waals surface area (Å²) < 4.78 is 0. The Kier molecular flexibility index (Phi) is 3.76. The van der Waals surface area contributed by atoms with Crippen molar-refractivity contribution in [2.75, 3.05) is 26.2 Å². The lowest BCUT2D eigenvalue weighted by molar-refractivity contribution is 0.0697. The predicted octanol–water partition coefficient (Wildman–Crippen LogP) is 1.35. The van der Waals surface area contributed by atoms with Gasteiger partial charge in [-0.25, -0.2) is 4.79 Å². The number of piperazine rings is 1. The van der Waals surface area contributed by atoms with Crippen molar-refractivity contribution >= 4 is 5.97 Å². The fraction of sp³-hybridized carbons (Fsp3) is 0.462. The lowest BCUT2D eigenvalue weighted by Crippen LogP contribution is -2.44. The summed E-state index contributed by atoms with van der Waals surface area (Å²) in [6.07, 6.45) is 0. The van der Waals surface area contributed by atoms with Crippen LogP contribution in [0.3, 0.4) is 0 Å². The molecule has 0 radical (unpaired) electrons. The number of carbonyl (C=O) groups is 1. The van der Waals surface area contributed by atoms with E-state index in [-0.39, 0.29) is 0 Å². The van der Waals surface area contributed by atoms with E-state index in [2.05, 4.69) is 17.1 Å². The molecule has 4 nitrogen and oxygen atoms in total. The lowest BCUT2D eigenvalue weighted by atomic mass is 10.0. The number of hydrogen-bond donors (Lipinski definition) is 2. The fourth-order valence-electron chi connectivity index (χ4n) is 2.18. The van der Waals surface area contributed by atoms with E-state index in [1.165, 1.54) is 5.56 Å². The third-order valence-corrected chi connectivity index (χ3v) is 3.34. The zero-order valence-electron chi connectivity index (χ0n) is 10.0. The Hall–Kier alpha value is -1.39. The molecule has 1 atom stereocenters. The van der Waals surface area contributed by atoms with Crippen LogP contribution < -0.4 is 5.32 Å². The number of benzene rings is 1. The second-order valence-electron chi connectivity index (χ2n) is 4.39. The molecule has 1 aliphatic rings. The minimum absolute atomic E-state index is 0.347. The first-order chi connectivity index (χ1) is 8.18. The van der Waals surface area contributed by atoms with Crippen LogP contribution in [0.2, 0.25) is 0 Å². The smallest absolute Gasteiger partial charge is 0.335 e. The highest BCUT2D eigenvalue weighted by atomic mass is 16.4. The van der Waals surface area contributed by atoms with E-state index in [1.807, 2.05) is 12.1 Å². The van der Waals surface area contributed by atoms with Crippen LogP contribution in [0.1, 0.15) is 28.9 Å². The Morgan fingerprint density at radius 3 is 2.41 bits per heavy atom. The zero-order chi connectivity index (χ0) is 12.3. The first-order valence-corrected chi connectivity index (χ1v) is 5.96. The number of nitrogens with zero attached hydrogens (tertiary/aromatic N) is 1. The van der Waals surface area contributed by atoms with Crippen molar-refractivity contribution in [1.29, 1.82) is 0 Å². The van der Waals surface area contributed by atoms with Gasteiger partial charge in [0.25, 0.3) is 0 Å². The third kappa shape index (κ3) is 2.84. The van der Waals surface area contributed by atoms with Crippen molar-refractivity contribution in [3.63, 3.8) is 0 Å². The molecule has 0 aliphatic carbocycles. The Morgan fingerprint density at radius 2 is 1.88 bits per heavy atom. The normalized spacial score (nSPS) is 18.9. The maximum atomic E-state index is 10.8. The van der Waals surface area contributed by atoms with Gasteiger partial charge in [0, 0.05) is 32.2 Å². The molecule has 0 saturated carbocycles. The second-order valence-corrected chi connectivity index (χ2v) is 4.39. The molecule has 0 amide bonds. The van der Waals surface area contributed by atoms with Crippen molar-refractivity contribution in [1.82, 2.24) is 10.2 Å². The molecule has 0 spiro atoms. The second kappa shape index (κ2) is 5.29. The maximum Gasteiger partial charge on any atom is 0.335 e. The molecule has 1 heterocycles. The lowest BCUT2D eigenvalue weighted by Gasteiger charge is -2.33. The highest BCUT2D eigenvalue weighted by Gasteiger charge is 2.17. The molecule has 1 saturated heterocycles. The van der Waals surface area contributed by atoms with Crippen LogP contribution >= 0.6 is 0 Å². The van der Waals surface area contributed by atoms with Gasteiger partial charge in [0.05, 0.1) is 5.56 Å². The average molecular weight is 234 g/mol. The molecule has 0 aromatic heterocycles. The highest BCUT2D eigenvalue weighted by molar-refractivity contribution is 5.87. The molecule has 2 rings (SSSR count). The molecule has 4 heteroatoms. The quantitative estimate of drug-likeness (QED) is 0.829. The molecule has 1 aromatic carbocycles. The van der Waals surface area contributed by atoms with Gasteiger partial charge < -0.3 is 10.4 Å². The van der Waals surface area contributed by atoms with Gasteiger partial charge >= 0.3 is 5.97 Å². The summed E-state index contributed by atoms with van der Waals surface area (Å²) in [6.45, 7) is 6.31. The van der Waals surface area contributed by atoms with Crippen LogP contribution in [0.25, 0.3) is 0 Å². The molecular weight excluding hydrogens is 216 g/mol. The fourth-order valence-corrected chi connectivity index (χ4v) is 2.18. The van der Waals surface area contributed by atoms with E-state index in [1.54, 1.807) is 12.1 Å². The van der Waals surface area contributed by atoms with E-state index in [0.717, 1.165) is 26.2 Å². The van der Waals surface area contributed by atoms with E-state index in [4.69, 9.17) is 5.11 Å². The first-order valence-electron chi connectivity index (χ1n) is 5.96. The number of rotatable bonds is 3. The molecule has 0 bridgehead atoms. The molecule has 1 aromatic rings. The number of aromatic carboxylic acids is 1. The number of hydrogen-bond acceptors (Lipinski definition) is 3. The van der Waals surface area contributed by atoms with Gasteiger partial charge in [-0.1, -0.05) is 12.1 Å². The summed E-state index contributed by atoms with van der Waals surface area (Å²) in [5.74, 6) is -0.869. The van der Waals surface area contributed by atoms with Gasteiger partial charge in [-0.2, -0.15) is 0 Å². The number of carboxylic acid groups (broad SMARTS) is 1. The minimum atomic E-state index is -0.869. The van der Waals surface area contributed by atoms with Gasteiger partial charge in [0.15, 0.2) is 0 Å². The van der Waals surface area contributed by atoms with E-state index in [9.17, 15) is 4.79 Å². The van der Waals surface area contributed by atoms with Crippen LogP contribution in [-0.2, 0) is 0 Å². The molecule has 1 aliphatic heterocycles. The SMILES string of the molecule is CC(c1ccc(C(=O)O)cc1)N1CCNCC1. The Bertz CT molecular complexity index is 383. The van der Waals surface area contributed by atoms with Gasteiger partial charge in [0.2, 0.25) is 0 Å². The summed E-state index contributed by atoms with van der Waals surface area (Å²) in [5.41, 5.74) is 1.53. The van der Waals surface area contributed by atoms with Gasteiger partial charge in [-0.15, -0.1) is 0 Å². The summed E-state index contributed by atoms with van der Waals surface area (Å²) in [6, 6.07) is 7.53. The van der Waals surface area contributed by atoms with Crippen molar-refractivity contribution < 1.29 is 9.90 Å². The standard InChI is InChI=1S/C13H18N2O2/c1-10(15-8-6-14-7-9-15)11-2-4-12(5-3-11)13(16)17/h2-5,10,14H,6-9H2,1H3,(H,16,17). The van der Waals surface area contributed by atoms with E-state index >= 15 is 0 Å². The molecular formula is C13H18N2O2. The van der Waals surface area contributed by atoms with E-state index < -0.39 is 5.97 Å². The molecule has 1 unspecified atom stereocenters. The average Bonchev–Trinajstić information content (AvgIpc) is 2.39. The number of nitrogens with one attached hydrogen (secondary N) is 1. The van der Waals surface area contributed by atoms with Crippen molar-refractivity contribution in [3.8, 4) is 0 Å². The van der Waals surface area contributed by atoms with Gasteiger partial charge in [0.1, 0.15) is 0 Å². The van der Waals surface area contributed by atoms with Crippen LogP contribution in [0.4, 0.5) is 0 Å². The van der Waals surface area contributed by atoms with Crippen molar-refractivity contribution in [2.45, 2.75) is 13.0 Å². The Labute approximate surface area is 101 Å². The van der Waals surface area contributed by atoms with Crippen LogP contribution in [0.15, 0.2) is 24.3 Å². The van der Waals surface area contributed by atoms with Gasteiger partial charge in [-0.05, 0) is 24.6 Å². The van der Waals surface area contributed by atoms with Crippen LogP contribution in [0, 0.1) is 0 Å². The summed E-state index contributed by atoms with van der Waals surface area (Å²) >= 11 is 0. The summed E-state index contributed by atoms with van der Waals surface area (Å²) in [5, 5.41) is 12.2. The minimum Gasteiger partial charge on any atom is -0.478 e. The molecule has 2 N–H and O–H groups in total. The van der Waals surface area contributed by atoms with E-state index in [0.29, 0.717) is 11.6 Å².